The van der Waals surface area contributed by atoms with Crippen molar-refractivity contribution >= 4 is 22.4 Å². The van der Waals surface area contributed by atoms with Crippen LogP contribution < -0.4 is 14.8 Å². The summed E-state index contributed by atoms with van der Waals surface area (Å²) in [5, 5.41) is 3.21. The summed E-state index contributed by atoms with van der Waals surface area (Å²) in [5.74, 6) is 0.632. The predicted octanol–water partition coefficient (Wildman–Crippen LogP) is 1.16. The molecule has 0 aliphatic carbocycles. The number of hydrogen-bond donors (Lipinski definition) is 2. The lowest BCUT2D eigenvalue weighted by molar-refractivity contribution is 0.146. The first-order valence-electron chi connectivity index (χ1n) is 7.06. The summed E-state index contributed by atoms with van der Waals surface area (Å²) in [6, 6.07) is 6.45. The second kappa shape index (κ2) is 9.32. The van der Waals surface area contributed by atoms with Gasteiger partial charge in [-0.3, -0.25) is 0 Å². The molecular formula is C14H23ClN2O4S. The highest BCUT2D eigenvalue weighted by Gasteiger charge is 2.21. The average Bonchev–Trinajstić information content (AvgIpc) is 2.49. The van der Waals surface area contributed by atoms with E-state index in [9.17, 15) is 8.42 Å². The number of hydrogen-bond acceptors (Lipinski definition) is 5. The zero-order valence-corrected chi connectivity index (χ0v) is 14.2. The van der Waals surface area contributed by atoms with Crippen LogP contribution in [0.1, 0.15) is 12.8 Å². The molecule has 0 spiro atoms. The van der Waals surface area contributed by atoms with Crippen molar-refractivity contribution in [2.24, 2.45) is 0 Å². The molecule has 0 bridgehead atoms. The maximum Gasteiger partial charge on any atom is 0.240 e. The molecule has 22 heavy (non-hydrogen) atoms. The van der Waals surface area contributed by atoms with Gasteiger partial charge in [-0.25, -0.2) is 13.1 Å². The van der Waals surface area contributed by atoms with Crippen molar-refractivity contribution in [2.75, 3.05) is 33.4 Å². The fourth-order valence-electron chi connectivity index (χ4n) is 2.19. The molecule has 0 unspecified atom stereocenters. The van der Waals surface area contributed by atoms with E-state index in [1.165, 1.54) is 0 Å². The van der Waals surface area contributed by atoms with E-state index >= 15 is 0 Å². The maximum atomic E-state index is 12.3. The molecule has 126 valence electrons. The number of ether oxygens (including phenoxy) is 2. The summed E-state index contributed by atoms with van der Waals surface area (Å²) < 4.78 is 37.6. The Morgan fingerprint density at radius 3 is 2.41 bits per heavy atom. The van der Waals surface area contributed by atoms with E-state index in [-0.39, 0.29) is 23.3 Å². The molecule has 1 aromatic rings. The van der Waals surface area contributed by atoms with Gasteiger partial charge in [-0.05, 0) is 50.2 Å². The van der Waals surface area contributed by atoms with Crippen molar-refractivity contribution in [2.45, 2.75) is 23.8 Å². The molecule has 8 heteroatoms. The third-order valence-corrected chi connectivity index (χ3v) is 4.89. The molecule has 1 saturated heterocycles. The molecule has 0 radical (unpaired) electrons. The minimum absolute atomic E-state index is 0. The Bertz CT molecular complexity index is 530. The maximum absolute atomic E-state index is 12.3. The van der Waals surface area contributed by atoms with E-state index in [1.54, 1.807) is 31.4 Å². The van der Waals surface area contributed by atoms with Crippen molar-refractivity contribution in [1.29, 1.82) is 0 Å². The van der Waals surface area contributed by atoms with E-state index in [0.29, 0.717) is 19.0 Å². The lowest BCUT2D eigenvalue weighted by Gasteiger charge is -2.23. The zero-order valence-electron chi connectivity index (χ0n) is 12.6. The van der Waals surface area contributed by atoms with Crippen molar-refractivity contribution in [3.05, 3.63) is 24.3 Å². The Labute approximate surface area is 138 Å². The number of benzene rings is 1. The standard InChI is InChI=1S/C14H22N2O4S.ClH/c1-19-10-11-20-13-2-4-14(5-3-13)21(17,18)16-12-6-8-15-9-7-12;/h2-5,12,15-16H,6-11H2,1H3;1H. The Morgan fingerprint density at radius 1 is 1.18 bits per heavy atom. The molecule has 0 amide bonds. The fraction of sp³-hybridized carbons (Fsp3) is 0.571. The molecule has 0 saturated carbocycles. The van der Waals surface area contributed by atoms with E-state index < -0.39 is 10.0 Å². The summed E-state index contributed by atoms with van der Waals surface area (Å²) in [6.45, 7) is 2.63. The van der Waals surface area contributed by atoms with Crippen LogP contribution in [0, 0.1) is 0 Å². The number of sulfonamides is 1. The van der Waals surface area contributed by atoms with Gasteiger partial charge in [0.25, 0.3) is 0 Å². The van der Waals surface area contributed by atoms with Crippen molar-refractivity contribution in [3.63, 3.8) is 0 Å². The monoisotopic (exact) mass is 350 g/mol. The van der Waals surface area contributed by atoms with Crippen LogP contribution in [0.2, 0.25) is 0 Å². The highest BCUT2D eigenvalue weighted by atomic mass is 35.5. The third kappa shape index (κ3) is 5.73. The van der Waals surface area contributed by atoms with Gasteiger partial charge in [-0.2, -0.15) is 0 Å². The second-order valence-corrected chi connectivity index (χ2v) is 6.67. The molecule has 1 aliphatic heterocycles. The van der Waals surface area contributed by atoms with Crippen molar-refractivity contribution in [3.8, 4) is 5.75 Å². The summed E-state index contributed by atoms with van der Waals surface area (Å²) in [7, 11) is -1.86. The van der Waals surface area contributed by atoms with Crippen LogP contribution in [0.25, 0.3) is 0 Å². The van der Waals surface area contributed by atoms with Crippen LogP contribution in [0.5, 0.6) is 5.75 Å². The number of nitrogens with one attached hydrogen (secondary N) is 2. The van der Waals surface area contributed by atoms with Gasteiger partial charge >= 0.3 is 0 Å². The van der Waals surface area contributed by atoms with Gasteiger partial charge in [0.1, 0.15) is 12.4 Å². The molecular weight excluding hydrogens is 328 g/mol. The third-order valence-electron chi connectivity index (χ3n) is 3.35. The quantitative estimate of drug-likeness (QED) is 0.722. The first-order chi connectivity index (χ1) is 10.1. The van der Waals surface area contributed by atoms with Crippen LogP contribution >= 0.6 is 12.4 Å². The predicted molar refractivity (Wildman–Crippen MR) is 87.3 cm³/mol. The van der Waals surface area contributed by atoms with Gasteiger partial charge in [0.2, 0.25) is 10.0 Å². The summed E-state index contributed by atoms with van der Waals surface area (Å²) in [4.78, 5) is 0.264. The average molecular weight is 351 g/mol. The number of methoxy groups -OCH3 is 1. The molecule has 0 aromatic heterocycles. The van der Waals surface area contributed by atoms with E-state index in [4.69, 9.17) is 9.47 Å². The summed E-state index contributed by atoms with van der Waals surface area (Å²) >= 11 is 0. The van der Waals surface area contributed by atoms with Gasteiger partial charge in [0.15, 0.2) is 0 Å². The number of halogens is 1. The van der Waals surface area contributed by atoms with Gasteiger partial charge in [-0.15, -0.1) is 12.4 Å². The molecule has 2 N–H and O–H groups in total. The highest BCUT2D eigenvalue weighted by molar-refractivity contribution is 7.89. The van der Waals surface area contributed by atoms with E-state index in [0.717, 1.165) is 25.9 Å². The highest BCUT2D eigenvalue weighted by Crippen LogP contribution is 2.17. The lowest BCUT2D eigenvalue weighted by atomic mass is 10.1. The van der Waals surface area contributed by atoms with Gasteiger partial charge in [-0.1, -0.05) is 0 Å². The molecule has 1 aromatic carbocycles. The van der Waals surface area contributed by atoms with Crippen LogP contribution in [-0.4, -0.2) is 47.9 Å². The summed E-state index contributed by atoms with van der Waals surface area (Å²) in [6.07, 6.45) is 1.63. The van der Waals surface area contributed by atoms with Crippen LogP contribution in [0.15, 0.2) is 29.2 Å². The second-order valence-electron chi connectivity index (χ2n) is 4.96. The van der Waals surface area contributed by atoms with Gasteiger partial charge in [0.05, 0.1) is 11.5 Å². The van der Waals surface area contributed by atoms with E-state index in [2.05, 4.69) is 10.0 Å². The number of rotatable bonds is 7. The largest absolute Gasteiger partial charge is 0.491 e. The Balaban J connectivity index is 0.00000242. The minimum Gasteiger partial charge on any atom is -0.491 e. The molecule has 6 nitrogen and oxygen atoms in total. The van der Waals surface area contributed by atoms with Gasteiger partial charge < -0.3 is 14.8 Å². The Hall–Kier alpha value is -0.860. The normalized spacial score (nSPS) is 16.0. The van der Waals surface area contributed by atoms with E-state index in [1.807, 2.05) is 0 Å². The minimum atomic E-state index is -3.46. The van der Waals surface area contributed by atoms with Crippen molar-refractivity contribution < 1.29 is 17.9 Å². The SMILES string of the molecule is COCCOc1ccc(S(=O)(=O)NC2CCNCC2)cc1.Cl. The topological polar surface area (TPSA) is 76.7 Å². The van der Waals surface area contributed by atoms with Crippen LogP contribution in [-0.2, 0) is 14.8 Å². The van der Waals surface area contributed by atoms with Gasteiger partial charge in [0, 0.05) is 13.2 Å². The molecule has 0 atom stereocenters. The Kier molecular flexibility index (Phi) is 8.13. The zero-order chi connectivity index (χ0) is 15.1. The first-order valence-corrected chi connectivity index (χ1v) is 8.55. The van der Waals surface area contributed by atoms with Crippen molar-refractivity contribution in [1.82, 2.24) is 10.0 Å². The summed E-state index contributed by atoms with van der Waals surface area (Å²) in [5.41, 5.74) is 0. The first kappa shape index (κ1) is 19.2. The fourth-order valence-corrected chi connectivity index (χ4v) is 3.49. The lowest BCUT2D eigenvalue weighted by Crippen LogP contribution is -2.42. The Morgan fingerprint density at radius 2 is 1.82 bits per heavy atom. The smallest absolute Gasteiger partial charge is 0.240 e. The molecule has 1 fully saturated rings. The molecule has 1 aliphatic rings. The van der Waals surface area contributed by atoms with Crippen LogP contribution in [0.3, 0.4) is 0 Å². The number of piperidine rings is 1. The van der Waals surface area contributed by atoms with Crippen LogP contribution in [0.4, 0.5) is 0 Å². The molecule has 2 rings (SSSR count). The molecule has 1 heterocycles.